The number of hydrogen-bond acceptors (Lipinski definition) is 1. The van der Waals surface area contributed by atoms with Gasteiger partial charge in [-0.3, -0.25) is 0 Å². The molecule has 106 valence electrons. The van der Waals surface area contributed by atoms with E-state index in [-0.39, 0.29) is 0 Å². The van der Waals surface area contributed by atoms with Crippen LogP contribution in [0.5, 0.6) is 0 Å². The van der Waals surface area contributed by atoms with Gasteiger partial charge in [0.2, 0.25) is 0 Å². The Labute approximate surface area is 122 Å². The molecule has 2 rings (SSSR count). The normalized spacial score (nSPS) is 29.2. The van der Waals surface area contributed by atoms with Crippen molar-refractivity contribution >= 4 is 11.6 Å². The molecule has 0 aromatic heterocycles. The Hall–Kier alpha value is -0.530. The van der Waals surface area contributed by atoms with Crippen LogP contribution in [0.4, 0.5) is 0 Å². The molecule has 1 aliphatic rings. The number of rotatable bonds is 4. The Morgan fingerprint density at radius 2 is 2.00 bits per heavy atom. The van der Waals surface area contributed by atoms with Gasteiger partial charge in [-0.25, -0.2) is 0 Å². The maximum Gasteiger partial charge on any atom is 0.0438 e. The van der Waals surface area contributed by atoms with Crippen molar-refractivity contribution < 1.29 is 0 Å². The van der Waals surface area contributed by atoms with Crippen LogP contribution in [-0.2, 0) is 6.42 Å². The number of halogens is 1. The highest BCUT2D eigenvalue weighted by Crippen LogP contribution is 2.30. The van der Waals surface area contributed by atoms with E-state index >= 15 is 0 Å². The molecule has 4 atom stereocenters. The summed E-state index contributed by atoms with van der Waals surface area (Å²) in [6, 6.07) is 9.33. The second-order valence-electron chi connectivity index (χ2n) is 6.24. The Kier molecular flexibility index (Phi) is 5.29. The first-order chi connectivity index (χ1) is 9.08. The first kappa shape index (κ1) is 14.9. The maximum atomic E-state index is 6.24. The largest absolute Gasteiger partial charge is 0.311 e. The van der Waals surface area contributed by atoms with Crippen LogP contribution in [0.2, 0.25) is 5.02 Å². The third kappa shape index (κ3) is 3.97. The summed E-state index contributed by atoms with van der Waals surface area (Å²) < 4.78 is 0. The summed E-state index contributed by atoms with van der Waals surface area (Å²) in [5.41, 5.74) is 1.25. The zero-order chi connectivity index (χ0) is 13.8. The molecule has 0 heterocycles. The van der Waals surface area contributed by atoms with Gasteiger partial charge in [0.25, 0.3) is 0 Å². The van der Waals surface area contributed by atoms with Crippen LogP contribution in [0.1, 0.15) is 45.6 Å². The predicted octanol–water partition coefficient (Wildman–Crippen LogP) is 4.69. The second-order valence-corrected chi connectivity index (χ2v) is 6.64. The van der Waals surface area contributed by atoms with E-state index in [1.54, 1.807) is 0 Å². The lowest BCUT2D eigenvalue weighted by atomic mass is 9.77. The van der Waals surface area contributed by atoms with Crippen molar-refractivity contribution in [3.8, 4) is 0 Å². The number of benzene rings is 1. The van der Waals surface area contributed by atoms with Gasteiger partial charge >= 0.3 is 0 Å². The van der Waals surface area contributed by atoms with Gasteiger partial charge in [0.1, 0.15) is 0 Å². The lowest BCUT2D eigenvalue weighted by molar-refractivity contribution is 0.196. The first-order valence-electron chi connectivity index (χ1n) is 7.57. The minimum atomic E-state index is 0.484. The van der Waals surface area contributed by atoms with E-state index in [2.05, 4.69) is 38.2 Å². The van der Waals surface area contributed by atoms with Crippen LogP contribution in [0.3, 0.4) is 0 Å². The van der Waals surface area contributed by atoms with Gasteiger partial charge in [-0.2, -0.15) is 0 Å². The Balaban J connectivity index is 1.90. The molecule has 1 aliphatic carbocycles. The quantitative estimate of drug-likeness (QED) is 0.843. The van der Waals surface area contributed by atoms with Crippen molar-refractivity contribution in [2.45, 2.75) is 58.5 Å². The molecule has 1 N–H and O–H groups in total. The van der Waals surface area contributed by atoms with E-state index in [9.17, 15) is 0 Å². The molecule has 4 unspecified atom stereocenters. The summed E-state index contributed by atoms with van der Waals surface area (Å²) >= 11 is 6.24. The van der Waals surface area contributed by atoms with Crippen LogP contribution in [0, 0.1) is 11.8 Å². The standard InChI is InChI=1S/C17H26ClN/c1-12-7-6-10-17(14(12)3)19-13(2)11-15-8-4-5-9-16(15)18/h4-5,8-9,12-14,17,19H,6-7,10-11H2,1-3H3. The first-order valence-corrected chi connectivity index (χ1v) is 7.95. The average Bonchev–Trinajstić information content (AvgIpc) is 2.38. The topological polar surface area (TPSA) is 12.0 Å². The Morgan fingerprint density at radius 3 is 2.74 bits per heavy atom. The van der Waals surface area contributed by atoms with Crippen molar-refractivity contribution in [2.75, 3.05) is 0 Å². The van der Waals surface area contributed by atoms with Crippen molar-refractivity contribution in [3.05, 3.63) is 34.9 Å². The monoisotopic (exact) mass is 279 g/mol. The van der Waals surface area contributed by atoms with E-state index in [1.165, 1.54) is 24.8 Å². The summed E-state index contributed by atoms with van der Waals surface area (Å²) in [7, 11) is 0. The van der Waals surface area contributed by atoms with Crippen molar-refractivity contribution in [2.24, 2.45) is 11.8 Å². The molecule has 0 spiro atoms. The molecule has 0 bridgehead atoms. The second kappa shape index (κ2) is 6.76. The Morgan fingerprint density at radius 1 is 1.26 bits per heavy atom. The van der Waals surface area contributed by atoms with E-state index in [1.807, 2.05) is 12.1 Å². The Bertz CT molecular complexity index is 404. The van der Waals surface area contributed by atoms with Gasteiger partial charge in [-0.05, 0) is 43.2 Å². The maximum absolute atomic E-state index is 6.24. The zero-order valence-electron chi connectivity index (χ0n) is 12.3. The fourth-order valence-corrected chi connectivity index (χ4v) is 3.45. The molecule has 1 saturated carbocycles. The highest BCUT2D eigenvalue weighted by Gasteiger charge is 2.27. The van der Waals surface area contributed by atoms with Gasteiger partial charge in [-0.15, -0.1) is 0 Å². The van der Waals surface area contributed by atoms with Crippen LogP contribution in [-0.4, -0.2) is 12.1 Å². The van der Waals surface area contributed by atoms with E-state index in [0.717, 1.165) is 23.3 Å². The van der Waals surface area contributed by atoms with Crippen LogP contribution in [0.15, 0.2) is 24.3 Å². The lowest BCUT2D eigenvalue weighted by Gasteiger charge is -2.36. The number of hydrogen-bond donors (Lipinski definition) is 1. The van der Waals surface area contributed by atoms with E-state index < -0.39 is 0 Å². The fraction of sp³-hybridized carbons (Fsp3) is 0.647. The molecule has 1 aromatic carbocycles. The molecule has 1 nitrogen and oxygen atoms in total. The lowest BCUT2D eigenvalue weighted by Crippen LogP contribution is -2.45. The molecule has 0 radical (unpaired) electrons. The minimum absolute atomic E-state index is 0.484. The highest BCUT2D eigenvalue weighted by molar-refractivity contribution is 6.31. The minimum Gasteiger partial charge on any atom is -0.311 e. The molecule has 19 heavy (non-hydrogen) atoms. The molecular weight excluding hydrogens is 254 g/mol. The van der Waals surface area contributed by atoms with E-state index in [4.69, 9.17) is 11.6 Å². The fourth-order valence-electron chi connectivity index (χ4n) is 3.24. The molecule has 1 fully saturated rings. The van der Waals surface area contributed by atoms with Crippen LogP contribution < -0.4 is 5.32 Å². The van der Waals surface area contributed by atoms with Gasteiger partial charge < -0.3 is 5.32 Å². The van der Waals surface area contributed by atoms with Crippen molar-refractivity contribution in [1.29, 1.82) is 0 Å². The summed E-state index contributed by atoms with van der Waals surface area (Å²) in [5.74, 6) is 1.63. The van der Waals surface area contributed by atoms with Gasteiger partial charge in [0, 0.05) is 17.1 Å². The third-order valence-corrected chi connectivity index (χ3v) is 5.06. The summed E-state index contributed by atoms with van der Waals surface area (Å²) in [5, 5.41) is 4.71. The molecule has 1 aromatic rings. The van der Waals surface area contributed by atoms with Gasteiger partial charge in [0.15, 0.2) is 0 Å². The zero-order valence-corrected chi connectivity index (χ0v) is 13.1. The summed E-state index contributed by atoms with van der Waals surface area (Å²) in [4.78, 5) is 0. The van der Waals surface area contributed by atoms with Gasteiger partial charge in [0.05, 0.1) is 0 Å². The summed E-state index contributed by atoms with van der Waals surface area (Å²) in [6.45, 7) is 7.05. The number of nitrogens with one attached hydrogen (secondary N) is 1. The molecule has 0 aliphatic heterocycles. The predicted molar refractivity (Wildman–Crippen MR) is 83.7 cm³/mol. The SMILES string of the molecule is CC(Cc1ccccc1Cl)NC1CCCC(C)C1C. The highest BCUT2D eigenvalue weighted by atomic mass is 35.5. The summed E-state index contributed by atoms with van der Waals surface area (Å²) in [6.07, 6.45) is 5.08. The van der Waals surface area contributed by atoms with Crippen molar-refractivity contribution in [1.82, 2.24) is 5.32 Å². The molecular formula is C17H26ClN. The third-order valence-electron chi connectivity index (χ3n) is 4.69. The molecule has 2 heteroatoms. The van der Waals surface area contributed by atoms with Crippen LogP contribution in [0.25, 0.3) is 0 Å². The smallest absolute Gasteiger partial charge is 0.0438 e. The van der Waals surface area contributed by atoms with E-state index in [0.29, 0.717) is 12.1 Å². The van der Waals surface area contributed by atoms with Crippen molar-refractivity contribution in [3.63, 3.8) is 0 Å². The average molecular weight is 280 g/mol. The van der Waals surface area contributed by atoms with Crippen LogP contribution >= 0.6 is 11.6 Å². The molecule has 0 saturated heterocycles. The van der Waals surface area contributed by atoms with Gasteiger partial charge in [-0.1, -0.05) is 56.5 Å². The molecule has 0 amide bonds.